The van der Waals surface area contributed by atoms with Gasteiger partial charge < -0.3 is 0 Å². The molecule has 48 heavy (non-hydrogen) atoms. The van der Waals surface area contributed by atoms with Gasteiger partial charge in [0.15, 0.2) is 5.78 Å². The number of nitro groups is 2. The van der Waals surface area contributed by atoms with Crippen LogP contribution < -0.4 is 0 Å². The number of ketones is 1. The van der Waals surface area contributed by atoms with E-state index in [1.807, 2.05) is 0 Å². The maximum atomic E-state index is 14.1. The van der Waals surface area contributed by atoms with Crippen molar-refractivity contribution in [2.45, 2.75) is 126 Å². The molecule has 0 atom stereocenters. The third kappa shape index (κ3) is 9.89. The van der Waals surface area contributed by atoms with Crippen LogP contribution in [0.5, 0.6) is 0 Å². The quantitative estimate of drug-likeness (QED) is 0.0433. The van der Waals surface area contributed by atoms with Crippen molar-refractivity contribution < 1.29 is 36.0 Å². The van der Waals surface area contributed by atoms with E-state index in [-0.39, 0.29) is 13.1 Å². The van der Waals surface area contributed by atoms with Gasteiger partial charge in [0.1, 0.15) is 4.90 Å². The maximum absolute atomic E-state index is 14.1. The molecule has 0 heterocycles. The molecule has 1 aliphatic rings. The van der Waals surface area contributed by atoms with E-state index in [9.17, 15) is 46.4 Å². The Morgan fingerprint density at radius 3 is 1.33 bits per heavy atom. The normalized spacial score (nSPS) is 12.8. The Morgan fingerprint density at radius 2 is 0.958 bits per heavy atom. The van der Waals surface area contributed by atoms with E-state index in [2.05, 4.69) is 13.8 Å². The van der Waals surface area contributed by atoms with Crippen molar-refractivity contribution in [3.63, 3.8) is 0 Å². The minimum atomic E-state index is -4.99. The molecule has 1 N–H and O–H groups in total. The number of nitro benzene ring substituents is 2. The van der Waals surface area contributed by atoms with Gasteiger partial charge in [-0.05, 0) is 25.0 Å². The first kappa shape index (κ1) is 39.2. The average molecular weight is 710 g/mol. The van der Waals surface area contributed by atoms with E-state index >= 15 is 0 Å². The predicted octanol–water partition coefficient (Wildman–Crippen LogP) is 8.23. The molecule has 0 aliphatic heterocycles. The number of rotatable bonds is 23. The van der Waals surface area contributed by atoms with E-state index in [4.69, 9.17) is 0 Å². The molecule has 3 rings (SSSR count). The molecule has 13 nitrogen and oxygen atoms in total. The highest BCUT2D eigenvalue weighted by Crippen LogP contribution is 2.49. The molecule has 266 valence electrons. The molecule has 0 bridgehead atoms. The van der Waals surface area contributed by atoms with Crippen LogP contribution in [0, 0.1) is 20.2 Å². The molecule has 2 aromatic rings. The maximum Gasteiger partial charge on any atom is 0.294 e. The Bertz CT molecular complexity index is 1670. The lowest BCUT2D eigenvalue weighted by Crippen LogP contribution is -2.33. The van der Waals surface area contributed by atoms with Crippen molar-refractivity contribution in [2.75, 3.05) is 13.1 Å². The van der Waals surface area contributed by atoms with Crippen LogP contribution in [0.1, 0.15) is 133 Å². The van der Waals surface area contributed by atoms with Crippen LogP contribution in [-0.2, 0) is 20.1 Å². The third-order valence-electron chi connectivity index (χ3n) is 8.77. The van der Waals surface area contributed by atoms with Crippen molar-refractivity contribution in [1.29, 1.82) is 0 Å². The Balaban J connectivity index is 1.95. The third-order valence-corrected chi connectivity index (χ3v) is 11.5. The molecular formula is C33H47N3O10S2. The summed E-state index contributed by atoms with van der Waals surface area (Å²) >= 11 is 0. The van der Waals surface area contributed by atoms with Crippen LogP contribution in [0.15, 0.2) is 34.1 Å². The highest BCUT2D eigenvalue weighted by molar-refractivity contribution is 7.89. The fraction of sp³-hybridized carbons (Fsp3) is 0.606. The van der Waals surface area contributed by atoms with Crippen molar-refractivity contribution in [1.82, 2.24) is 4.31 Å². The molecule has 0 radical (unpaired) electrons. The average Bonchev–Trinajstić information content (AvgIpc) is 3.32. The Morgan fingerprint density at radius 1 is 0.604 bits per heavy atom. The predicted molar refractivity (Wildman–Crippen MR) is 182 cm³/mol. The van der Waals surface area contributed by atoms with Crippen molar-refractivity contribution >= 4 is 37.3 Å². The van der Waals surface area contributed by atoms with Gasteiger partial charge in [0.25, 0.3) is 21.5 Å². The summed E-state index contributed by atoms with van der Waals surface area (Å²) < 4.78 is 62.7. The second kappa shape index (κ2) is 17.9. The van der Waals surface area contributed by atoms with Gasteiger partial charge in [-0.2, -0.15) is 12.7 Å². The van der Waals surface area contributed by atoms with Crippen LogP contribution in [0.2, 0.25) is 0 Å². The molecule has 0 amide bonds. The number of hydrogen-bond acceptors (Lipinski definition) is 9. The zero-order valence-electron chi connectivity index (χ0n) is 27.8. The minimum absolute atomic E-state index is 0.191. The monoisotopic (exact) mass is 709 g/mol. The number of carbonyl (C=O) groups is 1. The largest absolute Gasteiger partial charge is 0.294 e. The first-order chi connectivity index (χ1) is 22.7. The van der Waals surface area contributed by atoms with Crippen LogP contribution in [0.4, 0.5) is 11.4 Å². The van der Waals surface area contributed by atoms with Gasteiger partial charge in [-0.1, -0.05) is 104 Å². The standard InChI is InChI=1S/C33H47N3O10S2/c1-3-5-7-9-11-13-15-17-19-34(20-18-16-14-12-10-8-6-4-2)47(42,43)25-21-27-31(29(23-25)35(38)39)32-28(33(27)37)22-26(48(44,45)46)24-30(32)36(40)41/h21-24H,3-20H2,1-2H3,(H,44,45,46). The van der Waals surface area contributed by atoms with E-state index in [1.165, 1.54) is 17.1 Å². The molecule has 0 aromatic heterocycles. The molecular weight excluding hydrogens is 663 g/mol. The first-order valence-corrected chi connectivity index (χ1v) is 19.8. The van der Waals surface area contributed by atoms with Gasteiger partial charge in [0.05, 0.1) is 25.9 Å². The summed E-state index contributed by atoms with van der Waals surface area (Å²) in [6, 6.07) is 3.01. The van der Waals surface area contributed by atoms with Gasteiger partial charge in [0.2, 0.25) is 10.0 Å². The number of nitrogens with zero attached hydrogens (tertiary/aromatic N) is 3. The van der Waals surface area contributed by atoms with Crippen molar-refractivity contribution in [3.05, 3.63) is 55.6 Å². The molecule has 1 aliphatic carbocycles. The van der Waals surface area contributed by atoms with Crippen LogP contribution in [0.25, 0.3) is 11.1 Å². The summed E-state index contributed by atoms with van der Waals surface area (Å²) in [6.45, 7) is 4.68. The Hall–Kier alpha value is -3.27. The summed E-state index contributed by atoms with van der Waals surface area (Å²) in [5.74, 6) is -1.02. The van der Waals surface area contributed by atoms with Gasteiger partial charge in [-0.3, -0.25) is 29.6 Å². The number of sulfonamides is 1. The molecule has 0 fully saturated rings. The number of hydrogen-bond donors (Lipinski definition) is 1. The molecule has 0 unspecified atom stereocenters. The van der Waals surface area contributed by atoms with E-state index in [1.54, 1.807) is 0 Å². The van der Waals surface area contributed by atoms with Gasteiger partial charge in [-0.15, -0.1) is 0 Å². The van der Waals surface area contributed by atoms with Crippen molar-refractivity contribution in [2.24, 2.45) is 0 Å². The minimum Gasteiger partial charge on any atom is -0.289 e. The van der Waals surface area contributed by atoms with Crippen LogP contribution in [0.3, 0.4) is 0 Å². The summed E-state index contributed by atoms with van der Waals surface area (Å²) in [5, 5.41) is 24.2. The smallest absolute Gasteiger partial charge is 0.289 e. The molecule has 0 saturated carbocycles. The summed E-state index contributed by atoms with van der Waals surface area (Å²) in [5.41, 5.74) is -3.77. The molecule has 2 aromatic carbocycles. The van der Waals surface area contributed by atoms with E-state index in [0.717, 1.165) is 89.2 Å². The van der Waals surface area contributed by atoms with E-state index < -0.39 is 79.2 Å². The van der Waals surface area contributed by atoms with Crippen molar-refractivity contribution in [3.8, 4) is 11.1 Å². The second-order valence-corrected chi connectivity index (χ2v) is 15.8. The molecule has 15 heteroatoms. The fourth-order valence-corrected chi connectivity index (χ4v) is 8.25. The number of fused-ring (bicyclic) bond motifs is 3. The number of benzene rings is 2. The zero-order valence-corrected chi connectivity index (χ0v) is 29.4. The first-order valence-electron chi connectivity index (χ1n) is 16.9. The zero-order chi connectivity index (χ0) is 35.5. The highest BCUT2D eigenvalue weighted by Gasteiger charge is 2.42. The second-order valence-electron chi connectivity index (χ2n) is 12.4. The summed E-state index contributed by atoms with van der Waals surface area (Å²) in [7, 11) is -9.34. The number of carbonyl (C=O) groups excluding carboxylic acids is 1. The molecule has 0 spiro atoms. The Labute approximate surface area is 283 Å². The lowest BCUT2D eigenvalue weighted by molar-refractivity contribution is -0.386. The Kier molecular flexibility index (Phi) is 14.6. The fourth-order valence-electron chi connectivity index (χ4n) is 6.16. The highest BCUT2D eigenvalue weighted by atomic mass is 32.2. The summed E-state index contributed by atoms with van der Waals surface area (Å²) in [6.07, 6.45) is 16.0. The SMILES string of the molecule is CCCCCCCCCCN(CCCCCCCCCC)S(=O)(=O)c1cc2c(c([N+](=O)[O-])c1)-c1c(cc(S(=O)(=O)O)cc1[N+](=O)[O-])C2=O. The van der Waals surface area contributed by atoms with Crippen LogP contribution >= 0.6 is 0 Å². The van der Waals surface area contributed by atoms with E-state index in [0.29, 0.717) is 25.0 Å². The summed E-state index contributed by atoms with van der Waals surface area (Å²) in [4.78, 5) is 34.4. The lowest BCUT2D eigenvalue weighted by Gasteiger charge is -2.23. The topological polar surface area (TPSA) is 195 Å². The van der Waals surface area contributed by atoms with Gasteiger partial charge in [0, 0.05) is 36.3 Å². The van der Waals surface area contributed by atoms with Gasteiger partial charge in [-0.25, -0.2) is 8.42 Å². The molecule has 0 saturated heterocycles. The van der Waals surface area contributed by atoms with Crippen LogP contribution in [-0.4, -0.2) is 54.4 Å². The lowest BCUT2D eigenvalue weighted by atomic mass is 10.0. The van der Waals surface area contributed by atoms with Gasteiger partial charge >= 0.3 is 0 Å². The number of unbranched alkanes of at least 4 members (excludes halogenated alkanes) is 14.